The van der Waals surface area contributed by atoms with Gasteiger partial charge in [0.25, 0.3) is 0 Å². The van der Waals surface area contributed by atoms with Gasteiger partial charge in [0.05, 0.1) is 0 Å². The average molecular weight is 288 g/mol. The van der Waals surface area contributed by atoms with E-state index in [-0.39, 0.29) is 0 Å². The molecule has 2 atom stereocenters. The number of hydrogen-bond acceptors (Lipinski definition) is 2. The summed E-state index contributed by atoms with van der Waals surface area (Å²) in [6.07, 6.45) is 3.97. The van der Waals surface area contributed by atoms with E-state index in [4.69, 9.17) is 0 Å². The molecule has 2 rings (SSSR count). The number of benzene rings is 1. The van der Waals surface area contributed by atoms with Gasteiger partial charge in [-0.2, -0.15) is 0 Å². The second kappa shape index (κ2) is 7.95. The van der Waals surface area contributed by atoms with Crippen molar-refractivity contribution >= 4 is 0 Å². The van der Waals surface area contributed by atoms with Crippen molar-refractivity contribution < 1.29 is 0 Å². The molecule has 2 nitrogen and oxygen atoms in total. The van der Waals surface area contributed by atoms with Gasteiger partial charge < -0.3 is 10.2 Å². The molecule has 0 bridgehead atoms. The van der Waals surface area contributed by atoms with Crippen molar-refractivity contribution in [2.45, 2.75) is 59.0 Å². The molecule has 0 amide bonds. The Kier molecular flexibility index (Phi) is 6.25. The summed E-state index contributed by atoms with van der Waals surface area (Å²) in [5.41, 5.74) is 2.88. The van der Waals surface area contributed by atoms with Crippen LogP contribution in [0, 0.1) is 12.8 Å². The van der Waals surface area contributed by atoms with E-state index in [2.05, 4.69) is 62.2 Å². The van der Waals surface area contributed by atoms with Crippen LogP contribution in [0.15, 0.2) is 24.3 Å². The van der Waals surface area contributed by atoms with Crippen LogP contribution in [0.1, 0.15) is 57.2 Å². The quantitative estimate of drug-likeness (QED) is 0.810. The van der Waals surface area contributed by atoms with Gasteiger partial charge in [-0.15, -0.1) is 0 Å². The van der Waals surface area contributed by atoms with Gasteiger partial charge in [-0.25, -0.2) is 0 Å². The lowest BCUT2D eigenvalue weighted by Gasteiger charge is -2.30. The highest BCUT2D eigenvalue weighted by Gasteiger charge is 2.27. The normalized spacial score (nSPS) is 21.1. The summed E-state index contributed by atoms with van der Waals surface area (Å²) in [6.45, 7) is 12.7. The van der Waals surface area contributed by atoms with Crippen molar-refractivity contribution in [2.75, 3.05) is 19.6 Å². The van der Waals surface area contributed by atoms with Gasteiger partial charge in [0.15, 0.2) is 0 Å². The van der Waals surface area contributed by atoms with E-state index in [1.165, 1.54) is 43.5 Å². The molecular weight excluding hydrogens is 256 g/mol. The lowest BCUT2D eigenvalue weighted by Crippen LogP contribution is -2.36. The van der Waals surface area contributed by atoms with E-state index in [1.54, 1.807) is 0 Å². The van der Waals surface area contributed by atoms with Crippen LogP contribution < -0.4 is 5.32 Å². The third kappa shape index (κ3) is 4.31. The van der Waals surface area contributed by atoms with Crippen molar-refractivity contribution in [1.29, 1.82) is 0 Å². The van der Waals surface area contributed by atoms with Gasteiger partial charge in [-0.1, -0.05) is 45.0 Å². The van der Waals surface area contributed by atoms with Crippen LogP contribution in [-0.4, -0.2) is 30.6 Å². The molecular formula is C19H32N2. The first-order valence-electron chi connectivity index (χ1n) is 8.66. The summed E-state index contributed by atoms with van der Waals surface area (Å²) in [6, 6.07) is 10.1. The van der Waals surface area contributed by atoms with Crippen LogP contribution in [-0.2, 0) is 0 Å². The summed E-state index contributed by atoms with van der Waals surface area (Å²) in [4.78, 5) is 2.72. The molecule has 1 aliphatic heterocycles. The molecule has 21 heavy (non-hydrogen) atoms. The minimum atomic E-state index is 0.490. The standard InChI is InChI=1S/C19H32N2/c1-5-20-18(17-10-7-6-9-16(17)4)12-14-21-13-8-11-19(21)15(2)3/h6-7,9-10,15,18-20H,5,8,11-14H2,1-4H3. The van der Waals surface area contributed by atoms with E-state index < -0.39 is 0 Å². The van der Waals surface area contributed by atoms with Gasteiger partial charge in [-0.3, -0.25) is 0 Å². The molecule has 118 valence electrons. The zero-order chi connectivity index (χ0) is 15.2. The average Bonchev–Trinajstić information content (AvgIpc) is 2.93. The summed E-state index contributed by atoms with van der Waals surface area (Å²) < 4.78 is 0. The van der Waals surface area contributed by atoms with Gasteiger partial charge in [0.2, 0.25) is 0 Å². The predicted octanol–water partition coefficient (Wildman–Crippen LogP) is 4.16. The third-order valence-electron chi connectivity index (χ3n) is 4.90. The molecule has 0 aromatic heterocycles. The number of nitrogens with one attached hydrogen (secondary N) is 1. The molecule has 1 fully saturated rings. The Morgan fingerprint density at radius 2 is 2.05 bits per heavy atom. The van der Waals surface area contributed by atoms with Gasteiger partial charge >= 0.3 is 0 Å². The van der Waals surface area contributed by atoms with Crippen LogP contribution in [0.25, 0.3) is 0 Å². The summed E-state index contributed by atoms with van der Waals surface area (Å²) in [5.74, 6) is 0.781. The van der Waals surface area contributed by atoms with Crippen molar-refractivity contribution in [2.24, 2.45) is 5.92 Å². The minimum absolute atomic E-state index is 0.490. The third-order valence-corrected chi connectivity index (χ3v) is 4.90. The number of rotatable bonds is 7. The summed E-state index contributed by atoms with van der Waals surface area (Å²) >= 11 is 0. The predicted molar refractivity (Wildman–Crippen MR) is 91.6 cm³/mol. The van der Waals surface area contributed by atoms with Gasteiger partial charge in [0, 0.05) is 18.6 Å². The zero-order valence-corrected chi connectivity index (χ0v) is 14.2. The van der Waals surface area contributed by atoms with Crippen LogP contribution in [0.4, 0.5) is 0 Å². The highest BCUT2D eigenvalue weighted by Crippen LogP contribution is 2.26. The summed E-state index contributed by atoms with van der Waals surface area (Å²) in [7, 11) is 0. The van der Waals surface area contributed by atoms with Crippen LogP contribution in [0.5, 0.6) is 0 Å². The molecule has 0 radical (unpaired) electrons. The maximum Gasteiger partial charge on any atom is 0.0334 e. The van der Waals surface area contributed by atoms with Gasteiger partial charge in [0.1, 0.15) is 0 Å². The molecule has 0 aliphatic carbocycles. The molecule has 2 heteroatoms. The smallest absolute Gasteiger partial charge is 0.0334 e. The second-order valence-corrected chi connectivity index (χ2v) is 6.75. The molecule has 0 spiro atoms. The number of hydrogen-bond donors (Lipinski definition) is 1. The van der Waals surface area contributed by atoms with Gasteiger partial charge in [-0.05, 0) is 56.3 Å². The van der Waals surface area contributed by atoms with E-state index >= 15 is 0 Å². The largest absolute Gasteiger partial charge is 0.310 e. The van der Waals surface area contributed by atoms with Crippen molar-refractivity contribution in [3.05, 3.63) is 35.4 Å². The SMILES string of the molecule is CCNC(CCN1CCCC1C(C)C)c1ccccc1C. The highest BCUT2D eigenvalue weighted by molar-refractivity contribution is 5.28. The lowest BCUT2D eigenvalue weighted by atomic mass is 9.97. The van der Waals surface area contributed by atoms with Crippen molar-refractivity contribution in [1.82, 2.24) is 10.2 Å². The molecule has 1 aromatic carbocycles. The molecule has 1 aliphatic rings. The second-order valence-electron chi connectivity index (χ2n) is 6.75. The molecule has 1 saturated heterocycles. The van der Waals surface area contributed by atoms with E-state index in [1.807, 2.05) is 0 Å². The minimum Gasteiger partial charge on any atom is -0.310 e. The zero-order valence-electron chi connectivity index (χ0n) is 14.2. The first kappa shape index (κ1) is 16.5. The Morgan fingerprint density at radius 1 is 1.29 bits per heavy atom. The fraction of sp³-hybridized carbons (Fsp3) is 0.684. The first-order valence-corrected chi connectivity index (χ1v) is 8.66. The molecule has 0 saturated carbocycles. The lowest BCUT2D eigenvalue weighted by molar-refractivity contribution is 0.197. The van der Waals surface area contributed by atoms with Crippen LogP contribution >= 0.6 is 0 Å². The first-order chi connectivity index (χ1) is 10.1. The maximum atomic E-state index is 3.68. The number of aryl methyl sites for hydroxylation is 1. The monoisotopic (exact) mass is 288 g/mol. The summed E-state index contributed by atoms with van der Waals surface area (Å²) in [5, 5.41) is 3.68. The topological polar surface area (TPSA) is 15.3 Å². The van der Waals surface area contributed by atoms with Crippen LogP contribution in [0.2, 0.25) is 0 Å². The van der Waals surface area contributed by atoms with E-state index in [9.17, 15) is 0 Å². The van der Waals surface area contributed by atoms with Crippen molar-refractivity contribution in [3.8, 4) is 0 Å². The van der Waals surface area contributed by atoms with Crippen molar-refractivity contribution in [3.63, 3.8) is 0 Å². The molecule has 1 N–H and O–H groups in total. The Labute approximate surface area is 130 Å². The number of nitrogens with zero attached hydrogens (tertiary/aromatic N) is 1. The Hall–Kier alpha value is -0.860. The molecule has 1 aromatic rings. The molecule has 2 unspecified atom stereocenters. The maximum absolute atomic E-state index is 3.68. The molecule has 1 heterocycles. The fourth-order valence-electron chi connectivity index (χ4n) is 3.77. The number of likely N-dealkylation sites (tertiary alicyclic amines) is 1. The Bertz CT molecular complexity index is 427. The van der Waals surface area contributed by atoms with E-state index in [0.717, 1.165) is 18.5 Å². The van der Waals surface area contributed by atoms with E-state index in [0.29, 0.717) is 6.04 Å². The Morgan fingerprint density at radius 3 is 2.71 bits per heavy atom. The van der Waals surface area contributed by atoms with Crippen LogP contribution in [0.3, 0.4) is 0 Å². The fourth-order valence-corrected chi connectivity index (χ4v) is 3.77. The highest BCUT2D eigenvalue weighted by atomic mass is 15.2. The Balaban J connectivity index is 1.99.